The summed E-state index contributed by atoms with van der Waals surface area (Å²) in [5.74, 6) is 0.335. The Morgan fingerprint density at radius 1 is 1.03 bits per heavy atom. The van der Waals surface area contributed by atoms with Crippen LogP contribution in [0.5, 0.6) is 5.75 Å². The molecule has 0 aliphatic carbocycles. The maximum atomic E-state index is 13.4. The first-order chi connectivity index (χ1) is 17.1. The predicted molar refractivity (Wildman–Crippen MR) is 144 cm³/mol. The number of sulfonamides is 1. The van der Waals surface area contributed by atoms with Crippen molar-refractivity contribution in [2.24, 2.45) is 0 Å². The summed E-state index contributed by atoms with van der Waals surface area (Å²) >= 11 is 0. The quantitative estimate of drug-likeness (QED) is 0.410. The summed E-state index contributed by atoms with van der Waals surface area (Å²) in [5, 5.41) is 2.90. The zero-order chi connectivity index (χ0) is 26.7. The molecule has 0 saturated heterocycles. The Hall–Kier alpha value is -3.07. The zero-order valence-corrected chi connectivity index (χ0v) is 22.8. The normalized spacial score (nSPS) is 12.0. The van der Waals surface area contributed by atoms with Crippen LogP contribution in [0.25, 0.3) is 0 Å². The van der Waals surface area contributed by atoms with Gasteiger partial charge in [-0.15, -0.1) is 0 Å². The smallest absolute Gasteiger partial charge is 0.242 e. The first-order valence-corrected chi connectivity index (χ1v) is 14.2. The molecule has 1 atom stereocenters. The average molecular weight is 518 g/mol. The largest absolute Gasteiger partial charge is 0.497 e. The zero-order valence-electron chi connectivity index (χ0n) is 22.0. The number of anilines is 1. The van der Waals surface area contributed by atoms with Crippen molar-refractivity contribution in [3.05, 3.63) is 59.7 Å². The van der Waals surface area contributed by atoms with Gasteiger partial charge in [0.25, 0.3) is 0 Å². The summed E-state index contributed by atoms with van der Waals surface area (Å²) in [6, 6.07) is 14.0. The minimum absolute atomic E-state index is 0.117. The molecule has 0 radical (unpaired) electrons. The monoisotopic (exact) mass is 517 g/mol. The van der Waals surface area contributed by atoms with Crippen LogP contribution in [-0.2, 0) is 26.2 Å². The van der Waals surface area contributed by atoms with Gasteiger partial charge in [0, 0.05) is 26.1 Å². The molecule has 0 saturated carbocycles. The number of aryl methyl sites for hydroxylation is 1. The van der Waals surface area contributed by atoms with Gasteiger partial charge in [-0.2, -0.15) is 0 Å². The Bertz CT molecular complexity index is 1090. The van der Waals surface area contributed by atoms with E-state index < -0.39 is 16.1 Å². The second-order valence-corrected chi connectivity index (χ2v) is 10.8. The summed E-state index contributed by atoms with van der Waals surface area (Å²) in [6.07, 6.45) is 2.87. The Morgan fingerprint density at radius 3 is 2.19 bits per heavy atom. The number of rotatable bonds is 14. The molecule has 2 amide bonds. The van der Waals surface area contributed by atoms with Crippen LogP contribution in [0, 0.1) is 6.92 Å². The standard InChI is InChI=1S/C27H39N3O5S/c1-6-18-28-27(32)25(7-2)29(20-22-12-16-24(35-4)17-13-22)26(31)9-8-19-30(36(5,33)34)23-14-10-21(3)11-15-23/h10-17,25H,6-9,18-20H2,1-5H3,(H,28,32)/t25-/m0/s1. The molecule has 8 nitrogen and oxygen atoms in total. The Balaban J connectivity index is 2.19. The van der Waals surface area contributed by atoms with E-state index in [0.717, 1.165) is 23.8 Å². The second kappa shape index (κ2) is 13.9. The van der Waals surface area contributed by atoms with Crippen LogP contribution >= 0.6 is 0 Å². The summed E-state index contributed by atoms with van der Waals surface area (Å²) in [4.78, 5) is 27.9. The average Bonchev–Trinajstić information content (AvgIpc) is 2.85. The van der Waals surface area contributed by atoms with Crippen LogP contribution in [0.1, 0.15) is 50.7 Å². The lowest BCUT2D eigenvalue weighted by Gasteiger charge is -2.31. The molecule has 0 aliphatic heterocycles. The number of methoxy groups -OCH3 is 1. The summed E-state index contributed by atoms with van der Waals surface area (Å²) in [6.45, 7) is 6.78. The SMILES string of the molecule is CCCNC(=O)[C@H](CC)N(Cc1ccc(OC)cc1)C(=O)CCCN(c1ccc(C)cc1)S(C)(=O)=O. The molecule has 36 heavy (non-hydrogen) atoms. The van der Waals surface area contributed by atoms with Gasteiger partial charge in [0.15, 0.2) is 0 Å². The van der Waals surface area contributed by atoms with Crippen LogP contribution in [0.2, 0.25) is 0 Å². The summed E-state index contributed by atoms with van der Waals surface area (Å²) in [7, 11) is -1.93. The van der Waals surface area contributed by atoms with Crippen LogP contribution in [0.15, 0.2) is 48.5 Å². The number of amides is 2. The topological polar surface area (TPSA) is 96.0 Å². The van der Waals surface area contributed by atoms with Gasteiger partial charge >= 0.3 is 0 Å². The molecular formula is C27H39N3O5S. The second-order valence-electron chi connectivity index (χ2n) is 8.86. The van der Waals surface area contributed by atoms with E-state index in [9.17, 15) is 18.0 Å². The highest BCUT2D eigenvalue weighted by molar-refractivity contribution is 7.92. The predicted octanol–water partition coefficient (Wildman–Crippen LogP) is 3.88. The van der Waals surface area contributed by atoms with Crippen molar-refractivity contribution in [1.82, 2.24) is 10.2 Å². The van der Waals surface area contributed by atoms with Gasteiger partial charge in [-0.25, -0.2) is 8.42 Å². The van der Waals surface area contributed by atoms with Crippen molar-refractivity contribution in [3.8, 4) is 5.75 Å². The number of ether oxygens (including phenoxy) is 1. The van der Waals surface area contributed by atoms with Crippen molar-refractivity contribution < 1.29 is 22.7 Å². The fourth-order valence-corrected chi connectivity index (χ4v) is 4.89. The van der Waals surface area contributed by atoms with E-state index in [-0.39, 0.29) is 31.3 Å². The highest BCUT2D eigenvalue weighted by atomic mass is 32.2. The number of carbonyl (C=O) groups is 2. The van der Waals surface area contributed by atoms with Crippen LogP contribution in [-0.4, -0.2) is 57.6 Å². The summed E-state index contributed by atoms with van der Waals surface area (Å²) in [5.41, 5.74) is 2.47. The lowest BCUT2D eigenvalue weighted by atomic mass is 10.1. The van der Waals surface area contributed by atoms with E-state index in [2.05, 4.69) is 5.32 Å². The van der Waals surface area contributed by atoms with Crippen molar-refractivity contribution in [3.63, 3.8) is 0 Å². The molecule has 0 spiro atoms. The molecular weight excluding hydrogens is 478 g/mol. The molecule has 0 aromatic heterocycles. The number of benzene rings is 2. The molecule has 0 aliphatic rings. The number of carbonyl (C=O) groups excluding carboxylic acids is 2. The third kappa shape index (κ3) is 8.55. The van der Waals surface area contributed by atoms with Crippen molar-refractivity contribution >= 4 is 27.5 Å². The lowest BCUT2D eigenvalue weighted by Crippen LogP contribution is -2.49. The highest BCUT2D eigenvalue weighted by Crippen LogP contribution is 2.21. The minimum Gasteiger partial charge on any atom is -0.497 e. The molecule has 2 aromatic rings. The van der Waals surface area contributed by atoms with E-state index in [0.29, 0.717) is 30.8 Å². The van der Waals surface area contributed by atoms with Crippen molar-refractivity contribution in [1.29, 1.82) is 0 Å². The van der Waals surface area contributed by atoms with Crippen molar-refractivity contribution in [2.75, 3.05) is 30.8 Å². The molecule has 2 aromatic carbocycles. The number of hydrogen-bond acceptors (Lipinski definition) is 5. The van der Waals surface area contributed by atoms with Gasteiger partial charge in [0.05, 0.1) is 19.1 Å². The van der Waals surface area contributed by atoms with Crippen LogP contribution < -0.4 is 14.4 Å². The van der Waals surface area contributed by atoms with Crippen LogP contribution in [0.3, 0.4) is 0 Å². The first kappa shape index (κ1) is 29.2. The molecule has 9 heteroatoms. The Morgan fingerprint density at radius 2 is 1.67 bits per heavy atom. The highest BCUT2D eigenvalue weighted by Gasteiger charge is 2.28. The molecule has 198 valence electrons. The maximum absolute atomic E-state index is 13.4. The number of nitrogens with zero attached hydrogens (tertiary/aromatic N) is 2. The number of nitrogens with one attached hydrogen (secondary N) is 1. The number of hydrogen-bond donors (Lipinski definition) is 1. The molecule has 0 heterocycles. The summed E-state index contributed by atoms with van der Waals surface area (Å²) < 4.78 is 31.4. The van der Waals surface area contributed by atoms with E-state index >= 15 is 0 Å². The lowest BCUT2D eigenvalue weighted by molar-refractivity contribution is -0.141. The fourth-order valence-electron chi connectivity index (χ4n) is 3.93. The Labute approximate surface area is 215 Å². The van der Waals surface area contributed by atoms with Crippen LogP contribution in [0.4, 0.5) is 5.69 Å². The van der Waals surface area contributed by atoms with Crippen molar-refractivity contribution in [2.45, 2.75) is 59.0 Å². The van der Waals surface area contributed by atoms with Gasteiger partial charge in [0.2, 0.25) is 21.8 Å². The molecule has 0 bridgehead atoms. The molecule has 0 fully saturated rings. The third-order valence-electron chi connectivity index (χ3n) is 5.92. The third-order valence-corrected chi connectivity index (χ3v) is 7.12. The van der Waals surface area contributed by atoms with E-state index in [4.69, 9.17) is 4.74 Å². The molecule has 2 rings (SSSR count). The fraction of sp³-hybridized carbons (Fsp3) is 0.481. The van der Waals surface area contributed by atoms with Gasteiger partial charge < -0.3 is 15.0 Å². The van der Waals surface area contributed by atoms with Gasteiger partial charge in [0.1, 0.15) is 11.8 Å². The van der Waals surface area contributed by atoms with Gasteiger partial charge in [-0.3, -0.25) is 13.9 Å². The van der Waals surface area contributed by atoms with E-state index in [1.54, 1.807) is 24.1 Å². The first-order valence-electron chi connectivity index (χ1n) is 12.3. The molecule has 0 unspecified atom stereocenters. The van der Waals surface area contributed by atoms with E-state index in [1.165, 1.54) is 4.31 Å². The molecule has 1 N–H and O–H groups in total. The maximum Gasteiger partial charge on any atom is 0.242 e. The van der Waals surface area contributed by atoms with Gasteiger partial charge in [-0.05, 0) is 56.0 Å². The Kier molecular flexibility index (Phi) is 11.2. The minimum atomic E-state index is -3.52. The van der Waals surface area contributed by atoms with E-state index in [1.807, 2.05) is 57.2 Å². The van der Waals surface area contributed by atoms with Gasteiger partial charge in [-0.1, -0.05) is 43.7 Å².